The van der Waals surface area contributed by atoms with E-state index in [0.29, 0.717) is 26.1 Å². The molecule has 1 rings (SSSR count). The Morgan fingerprint density at radius 3 is 2.89 bits per heavy atom. The van der Waals surface area contributed by atoms with Gasteiger partial charge in [-0.15, -0.1) is 6.58 Å². The molecule has 3 heteroatoms. The maximum atomic E-state index is 11.7. The van der Waals surface area contributed by atoms with Crippen LogP contribution in [0.15, 0.2) is 36.9 Å². The number of amides is 1. The Morgan fingerprint density at radius 2 is 2.28 bits per heavy atom. The Morgan fingerprint density at radius 1 is 1.50 bits per heavy atom. The molecule has 0 spiro atoms. The monoisotopic (exact) mass is 247 g/mol. The average molecular weight is 247 g/mol. The topological polar surface area (TPSA) is 29.5 Å². The van der Waals surface area contributed by atoms with E-state index in [1.54, 1.807) is 11.0 Å². The predicted molar refractivity (Wildman–Crippen MR) is 73.7 cm³/mol. The fourth-order valence-corrected chi connectivity index (χ4v) is 1.69. The van der Waals surface area contributed by atoms with E-state index in [9.17, 15) is 4.79 Å². The first kappa shape index (κ1) is 14.3. The van der Waals surface area contributed by atoms with Gasteiger partial charge in [0.1, 0.15) is 12.4 Å². The Labute approximate surface area is 109 Å². The van der Waals surface area contributed by atoms with E-state index < -0.39 is 0 Å². The molecule has 0 unspecified atom stereocenters. The van der Waals surface area contributed by atoms with Crippen LogP contribution in [0.5, 0.6) is 5.75 Å². The van der Waals surface area contributed by atoms with Gasteiger partial charge in [-0.2, -0.15) is 0 Å². The summed E-state index contributed by atoms with van der Waals surface area (Å²) in [6, 6.07) is 7.90. The van der Waals surface area contributed by atoms with E-state index in [4.69, 9.17) is 4.74 Å². The Hall–Kier alpha value is -1.77. The molecule has 0 atom stereocenters. The molecule has 0 bridgehead atoms. The molecule has 0 aliphatic rings. The van der Waals surface area contributed by atoms with E-state index in [1.165, 1.54) is 5.56 Å². The van der Waals surface area contributed by atoms with Gasteiger partial charge in [-0.25, -0.2) is 0 Å². The lowest BCUT2D eigenvalue weighted by Gasteiger charge is -2.20. The fourth-order valence-electron chi connectivity index (χ4n) is 1.69. The Balaban J connectivity index is 2.39. The Bertz CT molecular complexity index is 401. The molecule has 3 nitrogen and oxygen atoms in total. The summed E-state index contributed by atoms with van der Waals surface area (Å²) in [7, 11) is 0. The van der Waals surface area contributed by atoms with Crippen LogP contribution in [0.3, 0.4) is 0 Å². The van der Waals surface area contributed by atoms with Crippen LogP contribution in [-0.4, -0.2) is 30.5 Å². The summed E-state index contributed by atoms with van der Waals surface area (Å²) in [6.45, 7) is 9.39. The first-order valence-corrected chi connectivity index (χ1v) is 6.25. The second-order valence-corrected chi connectivity index (χ2v) is 4.13. The third-order valence-electron chi connectivity index (χ3n) is 2.67. The van der Waals surface area contributed by atoms with Crippen molar-refractivity contribution in [2.24, 2.45) is 0 Å². The van der Waals surface area contributed by atoms with Crippen molar-refractivity contribution in [2.75, 3.05) is 19.7 Å². The lowest BCUT2D eigenvalue weighted by molar-refractivity contribution is -0.130. The molecule has 0 radical (unpaired) electrons. The second kappa shape index (κ2) is 7.54. The van der Waals surface area contributed by atoms with E-state index in [1.807, 2.05) is 38.1 Å². The standard InChI is InChI=1S/C15H21NO2/c1-4-7-15(17)16(5-2)10-11-18-14-9-6-8-13(3)12-14/h4,6,8-9,12H,1,5,7,10-11H2,2-3H3. The molecule has 0 N–H and O–H groups in total. The first-order valence-electron chi connectivity index (χ1n) is 6.25. The first-order chi connectivity index (χ1) is 8.67. The summed E-state index contributed by atoms with van der Waals surface area (Å²) < 4.78 is 5.63. The van der Waals surface area contributed by atoms with Crippen molar-refractivity contribution in [1.29, 1.82) is 0 Å². The summed E-state index contributed by atoms with van der Waals surface area (Å²) >= 11 is 0. The molecule has 0 heterocycles. The molecule has 0 aliphatic carbocycles. The van der Waals surface area contributed by atoms with Crippen LogP contribution in [0.2, 0.25) is 0 Å². The van der Waals surface area contributed by atoms with Gasteiger partial charge in [-0.05, 0) is 31.5 Å². The summed E-state index contributed by atoms with van der Waals surface area (Å²) in [4.78, 5) is 13.4. The fraction of sp³-hybridized carbons (Fsp3) is 0.400. The van der Waals surface area contributed by atoms with E-state index in [2.05, 4.69) is 6.58 Å². The van der Waals surface area contributed by atoms with Crippen molar-refractivity contribution in [2.45, 2.75) is 20.3 Å². The number of aryl methyl sites for hydroxylation is 1. The second-order valence-electron chi connectivity index (χ2n) is 4.13. The van der Waals surface area contributed by atoms with Gasteiger partial charge in [0.2, 0.25) is 5.91 Å². The molecular formula is C15H21NO2. The number of ether oxygens (including phenoxy) is 1. The van der Waals surface area contributed by atoms with Gasteiger partial charge in [-0.1, -0.05) is 18.2 Å². The highest BCUT2D eigenvalue weighted by molar-refractivity contribution is 5.77. The number of carbonyl (C=O) groups is 1. The molecule has 18 heavy (non-hydrogen) atoms. The van der Waals surface area contributed by atoms with E-state index in [-0.39, 0.29) is 5.91 Å². The van der Waals surface area contributed by atoms with Gasteiger partial charge < -0.3 is 9.64 Å². The van der Waals surface area contributed by atoms with Gasteiger partial charge in [0.15, 0.2) is 0 Å². The highest BCUT2D eigenvalue weighted by Gasteiger charge is 2.09. The zero-order valence-electron chi connectivity index (χ0n) is 11.2. The zero-order chi connectivity index (χ0) is 13.4. The third kappa shape index (κ3) is 4.62. The number of hydrogen-bond acceptors (Lipinski definition) is 2. The number of nitrogens with zero attached hydrogens (tertiary/aromatic N) is 1. The summed E-state index contributed by atoms with van der Waals surface area (Å²) in [5.74, 6) is 0.947. The maximum absolute atomic E-state index is 11.7. The summed E-state index contributed by atoms with van der Waals surface area (Å²) in [6.07, 6.45) is 2.02. The van der Waals surface area contributed by atoms with Crippen molar-refractivity contribution < 1.29 is 9.53 Å². The van der Waals surface area contributed by atoms with Gasteiger partial charge in [0, 0.05) is 13.0 Å². The minimum atomic E-state index is 0.0975. The molecule has 0 saturated heterocycles. The molecular weight excluding hydrogens is 226 g/mol. The van der Waals surface area contributed by atoms with Crippen LogP contribution in [0.25, 0.3) is 0 Å². The number of rotatable bonds is 7. The highest BCUT2D eigenvalue weighted by atomic mass is 16.5. The molecule has 98 valence electrons. The van der Waals surface area contributed by atoms with Crippen molar-refractivity contribution in [3.8, 4) is 5.75 Å². The van der Waals surface area contributed by atoms with Crippen LogP contribution in [-0.2, 0) is 4.79 Å². The quantitative estimate of drug-likeness (QED) is 0.693. The van der Waals surface area contributed by atoms with Gasteiger partial charge in [0.05, 0.1) is 6.54 Å². The smallest absolute Gasteiger partial charge is 0.226 e. The summed E-state index contributed by atoms with van der Waals surface area (Å²) in [5.41, 5.74) is 1.17. The van der Waals surface area contributed by atoms with Crippen molar-refractivity contribution in [3.05, 3.63) is 42.5 Å². The molecule has 0 aromatic heterocycles. The number of carbonyl (C=O) groups excluding carboxylic acids is 1. The lowest BCUT2D eigenvalue weighted by atomic mass is 10.2. The summed E-state index contributed by atoms with van der Waals surface area (Å²) in [5, 5.41) is 0. The van der Waals surface area contributed by atoms with Gasteiger partial charge >= 0.3 is 0 Å². The van der Waals surface area contributed by atoms with E-state index in [0.717, 1.165) is 5.75 Å². The van der Waals surface area contributed by atoms with Crippen molar-refractivity contribution in [3.63, 3.8) is 0 Å². The van der Waals surface area contributed by atoms with Crippen LogP contribution in [0.1, 0.15) is 18.9 Å². The number of hydrogen-bond donors (Lipinski definition) is 0. The SMILES string of the molecule is C=CCC(=O)N(CC)CCOc1cccc(C)c1. The lowest BCUT2D eigenvalue weighted by Crippen LogP contribution is -2.33. The number of benzene rings is 1. The van der Waals surface area contributed by atoms with Crippen LogP contribution in [0, 0.1) is 6.92 Å². The molecule has 0 saturated carbocycles. The van der Waals surface area contributed by atoms with Gasteiger partial charge in [0.25, 0.3) is 0 Å². The minimum Gasteiger partial charge on any atom is -0.492 e. The highest BCUT2D eigenvalue weighted by Crippen LogP contribution is 2.12. The number of likely N-dealkylation sites (N-methyl/N-ethyl adjacent to an activating group) is 1. The molecule has 1 aromatic rings. The molecule has 0 fully saturated rings. The average Bonchev–Trinajstić information content (AvgIpc) is 2.35. The van der Waals surface area contributed by atoms with Crippen molar-refractivity contribution in [1.82, 2.24) is 4.90 Å². The van der Waals surface area contributed by atoms with E-state index >= 15 is 0 Å². The van der Waals surface area contributed by atoms with Crippen LogP contribution in [0.4, 0.5) is 0 Å². The zero-order valence-corrected chi connectivity index (χ0v) is 11.2. The largest absolute Gasteiger partial charge is 0.492 e. The minimum absolute atomic E-state index is 0.0975. The Kier molecular flexibility index (Phi) is 5.98. The molecule has 1 aromatic carbocycles. The normalized spacial score (nSPS) is 9.89. The molecule has 0 aliphatic heterocycles. The van der Waals surface area contributed by atoms with Gasteiger partial charge in [-0.3, -0.25) is 4.79 Å². The van der Waals surface area contributed by atoms with Crippen molar-refractivity contribution >= 4 is 5.91 Å². The van der Waals surface area contributed by atoms with Crippen LogP contribution < -0.4 is 4.74 Å². The van der Waals surface area contributed by atoms with Crippen LogP contribution >= 0.6 is 0 Å². The third-order valence-corrected chi connectivity index (χ3v) is 2.67. The molecule has 1 amide bonds. The maximum Gasteiger partial charge on any atom is 0.226 e. The predicted octanol–water partition coefficient (Wildman–Crippen LogP) is 2.80.